The molecule has 3 rings (SSSR count). The lowest BCUT2D eigenvalue weighted by Crippen LogP contribution is -2.18. The minimum atomic E-state index is -0.0389. The van der Waals surface area contributed by atoms with Crippen LogP contribution in [-0.4, -0.2) is 13.0 Å². The van der Waals surface area contributed by atoms with Crippen LogP contribution in [0.4, 0.5) is 0 Å². The van der Waals surface area contributed by atoms with Gasteiger partial charge >= 0.3 is 0 Å². The van der Waals surface area contributed by atoms with Gasteiger partial charge in [-0.25, -0.2) is 0 Å². The van der Waals surface area contributed by atoms with Crippen LogP contribution < -0.4 is 5.32 Å². The lowest BCUT2D eigenvalue weighted by molar-refractivity contribution is 0.0966. The van der Waals surface area contributed by atoms with E-state index in [1.807, 2.05) is 48.5 Å². The second-order valence-electron chi connectivity index (χ2n) is 4.27. The number of nitrogens with one attached hydrogen (secondary N) is 1. The predicted octanol–water partition coefficient (Wildman–Crippen LogP) is 3.35. The van der Waals surface area contributed by atoms with E-state index in [9.17, 15) is 4.79 Å². The lowest BCUT2D eigenvalue weighted by atomic mass is 9.96. The molecule has 0 radical (unpaired) electrons. The number of benzene rings is 3. The fourth-order valence-corrected chi connectivity index (χ4v) is 2.38. The van der Waals surface area contributed by atoms with Crippen molar-refractivity contribution in [2.24, 2.45) is 0 Å². The highest BCUT2D eigenvalue weighted by molar-refractivity contribution is 6.18. The number of hydrogen-bond donors (Lipinski definition) is 1. The smallest absolute Gasteiger partial charge is 0.252 e. The van der Waals surface area contributed by atoms with Gasteiger partial charge in [-0.15, -0.1) is 0 Å². The molecule has 1 N–H and O–H groups in total. The van der Waals surface area contributed by atoms with Gasteiger partial charge in [0, 0.05) is 7.05 Å². The largest absolute Gasteiger partial charge is 0.355 e. The molecule has 0 spiro atoms. The Hall–Kier alpha value is -2.35. The van der Waals surface area contributed by atoms with Crippen LogP contribution >= 0.6 is 0 Å². The molecule has 0 aliphatic carbocycles. The first-order valence-electron chi connectivity index (χ1n) is 5.94. The third-order valence-electron chi connectivity index (χ3n) is 3.23. The minimum Gasteiger partial charge on any atom is -0.355 e. The number of fused-ring (bicyclic) bond motifs is 2. The summed E-state index contributed by atoms with van der Waals surface area (Å²) in [5.74, 6) is -0.0389. The summed E-state index contributed by atoms with van der Waals surface area (Å²) < 4.78 is 0. The Balaban J connectivity index is 2.53. The van der Waals surface area contributed by atoms with E-state index in [4.69, 9.17) is 0 Å². The molecule has 0 aliphatic rings. The molecule has 2 nitrogen and oxygen atoms in total. The fraction of sp³-hybridized carbons (Fsp3) is 0.0625. The zero-order chi connectivity index (χ0) is 12.5. The van der Waals surface area contributed by atoms with E-state index in [-0.39, 0.29) is 5.91 Å². The summed E-state index contributed by atoms with van der Waals surface area (Å²) in [5, 5.41) is 6.90. The number of hydrogen-bond acceptors (Lipinski definition) is 1. The second kappa shape index (κ2) is 4.15. The second-order valence-corrected chi connectivity index (χ2v) is 4.27. The van der Waals surface area contributed by atoms with Gasteiger partial charge in [-0.05, 0) is 27.6 Å². The Morgan fingerprint density at radius 1 is 0.889 bits per heavy atom. The molecule has 0 aromatic heterocycles. The first-order chi connectivity index (χ1) is 8.81. The zero-order valence-electron chi connectivity index (χ0n) is 10.1. The third kappa shape index (κ3) is 1.54. The Morgan fingerprint density at radius 3 is 1.89 bits per heavy atom. The molecule has 0 heterocycles. The minimum absolute atomic E-state index is 0.0389. The normalized spacial score (nSPS) is 10.7. The summed E-state index contributed by atoms with van der Waals surface area (Å²) in [4.78, 5) is 12.1. The van der Waals surface area contributed by atoms with Gasteiger partial charge in [0.2, 0.25) is 0 Å². The van der Waals surface area contributed by atoms with Crippen LogP contribution in [0.15, 0.2) is 54.6 Å². The summed E-state index contributed by atoms with van der Waals surface area (Å²) in [5.41, 5.74) is 0.756. The molecule has 3 aromatic rings. The van der Waals surface area contributed by atoms with Gasteiger partial charge in [0.05, 0.1) is 5.56 Å². The Bertz CT molecular complexity index is 692. The van der Waals surface area contributed by atoms with Gasteiger partial charge in [0.15, 0.2) is 0 Å². The molecule has 2 heteroatoms. The maximum atomic E-state index is 12.1. The maximum absolute atomic E-state index is 12.1. The summed E-state index contributed by atoms with van der Waals surface area (Å²) in [7, 11) is 1.67. The van der Waals surface area contributed by atoms with Crippen molar-refractivity contribution in [2.75, 3.05) is 7.05 Å². The third-order valence-corrected chi connectivity index (χ3v) is 3.23. The summed E-state index contributed by atoms with van der Waals surface area (Å²) >= 11 is 0. The Morgan fingerprint density at radius 2 is 1.39 bits per heavy atom. The van der Waals surface area contributed by atoms with Crippen LogP contribution in [-0.2, 0) is 0 Å². The van der Waals surface area contributed by atoms with Crippen molar-refractivity contribution >= 4 is 27.5 Å². The number of carbonyl (C=O) groups is 1. The average Bonchev–Trinajstić information content (AvgIpc) is 2.44. The molecule has 1 amide bonds. The molecule has 3 aromatic carbocycles. The Kier molecular flexibility index (Phi) is 2.49. The molecule has 18 heavy (non-hydrogen) atoms. The van der Waals surface area contributed by atoms with Crippen molar-refractivity contribution in [3.63, 3.8) is 0 Å². The molecule has 0 unspecified atom stereocenters. The SMILES string of the molecule is CNC(=O)c1c2ccccc2cc2ccccc12. The van der Waals surface area contributed by atoms with Crippen LogP contribution in [0.2, 0.25) is 0 Å². The van der Waals surface area contributed by atoms with E-state index in [1.165, 1.54) is 0 Å². The predicted molar refractivity (Wildman–Crippen MR) is 74.8 cm³/mol. The van der Waals surface area contributed by atoms with E-state index >= 15 is 0 Å². The molecular weight excluding hydrogens is 222 g/mol. The van der Waals surface area contributed by atoms with Crippen molar-refractivity contribution < 1.29 is 4.79 Å². The van der Waals surface area contributed by atoms with Crippen LogP contribution in [0.3, 0.4) is 0 Å². The van der Waals surface area contributed by atoms with Crippen molar-refractivity contribution in [2.45, 2.75) is 0 Å². The van der Waals surface area contributed by atoms with Crippen LogP contribution in [0.25, 0.3) is 21.5 Å². The van der Waals surface area contributed by atoms with E-state index < -0.39 is 0 Å². The molecule has 0 bridgehead atoms. The van der Waals surface area contributed by atoms with Gasteiger partial charge in [-0.2, -0.15) is 0 Å². The van der Waals surface area contributed by atoms with Crippen LogP contribution in [0, 0.1) is 0 Å². The van der Waals surface area contributed by atoms with Crippen molar-refractivity contribution in [3.05, 3.63) is 60.2 Å². The van der Waals surface area contributed by atoms with E-state index in [0.29, 0.717) is 0 Å². The van der Waals surface area contributed by atoms with Crippen molar-refractivity contribution in [1.29, 1.82) is 0 Å². The average molecular weight is 235 g/mol. The van der Waals surface area contributed by atoms with Gasteiger partial charge < -0.3 is 5.32 Å². The quantitative estimate of drug-likeness (QED) is 0.644. The van der Waals surface area contributed by atoms with E-state index in [1.54, 1.807) is 7.05 Å². The number of carbonyl (C=O) groups excluding carboxylic acids is 1. The molecule has 0 saturated heterocycles. The molecular formula is C16H13NO. The highest BCUT2D eigenvalue weighted by atomic mass is 16.1. The fourth-order valence-electron chi connectivity index (χ4n) is 2.38. The van der Waals surface area contributed by atoms with Crippen LogP contribution in [0.1, 0.15) is 10.4 Å². The zero-order valence-corrected chi connectivity index (χ0v) is 10.1. The summed E-state index contributed by atoms with van der Waals surface area (Å²) in [6.45, 7) is 0. The summed E-state index contributed by atoms with van der Waals surface area (Å²) in [6, 6.07) is 18.1. The number of amides is 1. The standard InChI is InChI=1S/C16H13NO/c1-17-16(18)15-13-8-4-2-6-11(13)10-12-7-3-5-9-14(12)15/h2-10H,1H3,(H,17,18). The van der Waals surface area contributed by atoms with Gasteiger partial charge in [0.25, 0.3) is 5.91 Å². The Labute approximate surface area is 105 Å². The lowest BCUT2D eigenvalue weighted by Gasteiger charge is -2.10. The molecule has 0 saturated carbocycles. The van der Waals surface area contributed by atoms with Gasteiger partial charge in [-0.3, -0.25) is 4.79 Å². The maximum Gasteiger partial charge on any atom is 0.252 e. The first kappa shape index (κ1) is 10.8. The van der Waals surface area contributed by atoms with E-state index in [2.05, 4.69) is 11.4 Å². The molecule has 0 aliphatic heterocycles. The van der Waals surface area contributed by atoms with Crippen molar-refractivity contribution in [3.8, 4) is 0 Å². The van der Waals surface area contributed by atoms with E-state index in [0.717, 1.165) is 27.1 Å². The van der Waals surface area contributed by atoms with Gasteiger partial charge in [0.1, 0.15) is 0 Å². The first-order valence-corrected chi connectivity index (χ1v) is 5.94. The van der Waals surface area contributed by atoms with Crippen LogP contribution in [0.5, 0.6) is 0 Å². The number of rotatable bonds is 1. The topological polar surface area (TPSA) is 29.1 Å². The molecule has 0 fully saturated rings. The van der Waals surface area contributed by atoms with Gasteiger partial charge in [-0.1, -0.05) is 48.5 Å². The molecule has 88 valence electrons. The highest BCUT2D eigenvalue weighted by Crippen LogP contribution is 2.28. The monoisotopic (exact) mass is 235 g/mol. The molecule has 0 atom stereocenters. The highest BCUT2D eigenvalue weighted by Gasteiger charge is 2.12. The van der Waals surface area contributed by atoms with Crippen molar-refractivity contribution in [1.82, 2.24) is 5.32 Å². The summed E-state index contributed by atoms with van der Waals surface area (Å²) in [6.07, 6.45) is 0.